The lowest BCUT2D eigenvalue weighted by Gasteiger charge is -2.27. The number of hydrogen-bond donors (Lipinski definition) is 2. The molecular formula is C13H21N3O4S. The van der Waals surface area contributed by atoms with Gasteiger partial charge in [0.1, 0.15) is 0 Å². The van der Waals surface area contributed by atoms with Crippen LogP contribution in [0.1, 0.15) is 5.56 Å². The number of rotatable bonds is 5. The second kappa shape index (κ2) is 6.50. The summed E-state index contributed by atoms with van der Waals surface area (Å²) in [5.74, 6) is 1.06. The fourth-order valence-corrected chi connectivity index (χ4v) is 3.47. The van der Waals surface area contributed by atoms with E-state index in [-0.39, 0.29) is 0 Å². The minimum atomic E-state index is -3.56. The summed E-state index contributed by atoms with van der Waals surface area (Å²) in [5.41, 5.74) is 1.26. The van der Waals surface area contributed by atoms with Gasteiger partial charge >= 0.3 is 10.2 Å². The quantitative estimate of drug-likeness (QED) is 0.830. The second-order valence-corrected chi connectivity index (χ2v) is 6.45. The van der Waals surface area contributed by atoms with Crippen LogP contribution in [0.4, 0.5) is 5.69 Å². The average molecular weight is 315 g/mol. The maximum Gasteiger partial charge on any atom is 0.301 e. The van der Waals surface area contributed by atoms with Crippen LogP contribution in [-0.2, 0) is 10.2 Å². The van der Waals surface area contributed by atoms with E-state index in [2.05, 4.69) is 10.0 Å². The summed E-state index contributed by atoms with van der Waals surface area (Å²) in [6.45, 7) is 4.05. The topological polar surface area (TPSA) is 79.9 Å². The minimum Gasteiger partial charge on any atom is -0.493 e. The van der Waals surface area contributed by atoms with Crippen LogP contribution in [0.2, 0.25) is 0 Å². The third-order valence-electron chi connectivity index (χ3n) is 3.39. The molecule has 1 aromatic rings. The van der Waals surface area contributed by atoms with Crippen LogP contribution in [0.3, 0.4) is 0 Å². The molecule has 0 atom stereocenters. The summed E-state index contributed by atoms with van der Waals surface area (Å²) in [5, 5.41) is 3.12. The number of methoxy groups -OCH3 is 2. The SMILES string of the molecule is COc1cc(C)c(NS(=O)(=O)N2CCNCC2)cc1OC. The van der Waals surface area contributed by atoms with Crippen LogP contribution in [-0.4, -0.2) is 53.1 Å². The lowest BCUT2D eigenvalue weighted by atomic mass is 10.2. The molecule has 2 rings (SSSR count). The molecule has 21 heavy (non-hydrogen) atoms. The van der Waals surface area contributed by atoms with Crippen molar-refractivity contribution in [3.8, 4) is 11.5 Å². The summed E-state index contributed by atoms with van der Waals surface area (Å²) in [4.78, 5) is 0. The molecule has 1 aromatic carbocycles. The van der Waals surface area contributed by atoms with E-state index in [1.165, 1.54) is 11.4 Å². The first-order chi connectivity index (χ1) is 9.97. The lowest BCUT2D eigenvalue weighted by molar-refractivity contribution is 0.354. The monoisotopic (exact) mass is 315 g/mol. The Morgan fingerprint density at radius 2 is 1.71 bits per heavy atom. The standard InChI is InChI=1S/C13H21N3O4S/c1-10-8-12(19-2)13(20-3)9-11(10)15-21(17,18)16-6-4-14-5-7-16/h8-9,14-15H,4-7H2,1-3H3. The van der Waals surface area contributed by atoms with Crippen molar-refractivity contribution < 1.29 is 17.9 Å². The van der Waals surface area contributed by atoms with Crippen LogP contribution >= 0.6 is 0 Å². The van der Waals surface area contributed by atoms with Crippen LogP contribution < -0.4 is 19.5 Å². The van der Waals surface area contributed by atoms with Gasteiger partial charge in [0.2, 0.25) is 0 Å². The van der Waals surface area contributed by atoms with Crippen molar-refractivity contribution in [2.45, 2.75) is 6.92 Å². The van der Waals surface area contributed by atoms with Gasteiger partial charge in [0.15, 0.2) is 11.5 Å². The summed E-state index contributed by atoms with van der Waals surface area (Å²) in [6, 6.07) is 3.38. The van der Waals surface area contributed by atoms with Gasteiger partial charge in [-0.2, -0.15) is 12.7 Å². The first-order valence-electron chi connectivity index (χ1n) is 6.69. The molecule has 0 saturated carbocycles. The third-order valence-corrected chi connectivity index (χ3v) is 4.91. The van der Waals surface area contributed by atoms with Gasteiger partial charge in [-0.25, -0.2) is 0 Å². The van der Waals surface area contributed by atoms with Crippen molar-refractivity contribution in [2.75, 3.05) is 45.1 Å². The molecule has 0 aromatic heterocycles. The molecule has 0 spiro atoms. The van der Waals surface area contributed by atoms with E-state index in [0.29, 0.717) is 43.4 Å². The summed E-state index contributed by atoms with van der Waals surface area (Å²) in [7, 11) is -0.497. The van der Waals surface area contributed by atoms with Gasteiger partial charge < -0.3 is 14.8 Å². The van der Waals surface area contributed by atoms with E-state index < -0.39 is 10.2 Å². The fourth-order valence-electron chi connectivity index (χ4n) is 2.18. The van der Waals surface area contributed by atoms with E-state index in [1.54, 1.807) is 19.2 Å². The second-order valence-electron chi connectivity index (χ2n) is 4.78. The number of ether oxygens (including phenoxy) is 2. The van der Waals surface area contributed by atoms with Gasteiger partial charge in [0.05, 0.1) is 19.9 Å². The Bertz CT molecular complexity index is 598. The molecule has 1 heterocycles. The maximum atomic E-state index is 12.4. The Balaban J connectivity index is 2.26. The van der Waals surface area contributed by atoms with E-state index in [1.807, 2.05) is 6.92 Å². The molecule has 1 fully saturated rings. The molecule has 0 unspecified atom stereocenters. The van der Waals surface area contributed by atoms with Crippen molar-refractivity contribution in [3.63, 3.8) is 0 Å². The lowest BCUT2D eigenvalue weighted by Crippen LogP contribution is -2.48. The highest BCUT2D eigenvalue weighted by Gasteiger charge is 2.24. The molecule has 8 heteroatoms. The summed E-state index contributed by atoms with van der Waals surface area (Å²) < 4.78 is 39.2. The molecule has 1 aliphatic heterocycles. The van der Waals surface area contributed by atoms with Gasteiger partial charge in [-0.05, 0) is 18.6 Å². The zero-order valence-corrected chi connectivity index (χ0v) is 13.3. The molecule has 0 radical (unpaired) electrons. The molecule has 1 saturated heterocycles. The Hall–Kier alpha value is -1.51. The molecule has 118 valence electrons. The van der Waals surface area contributed by atoms with Crippen molar-refractivity contribution >= 4 is 15.9 Å². The smallest absolute Gasteiger partial charge is 0.301 e. The first-order valence-corrected chi connectivity index (χ1v) is 8.13. The molecular weight excluding hydrogens is 294 g/mol. The van der Waals surface area contributed by atoms with Gasteiger partial charge in [-0.3, -0.25) is 4.72 Å². The van der Waals surface area contributed by atoms with Gasteiger partial charge in [-0.15, -0.1) is 0 Å². The van der Waals surface area contributed by atoms with Crippen molar-refractivity contribution in [2.24, 2.45) is 0 Å². The first kappa shape index (κ1) is 15.9. The normalized spacial score (nSPS) is 16.5. The minimum absolute atomic E-state index is 0.460. The Morgan fingerprint density at radius 3 is 2.29 bits per heavy atom. The molecule has 1 aliphatic rings. The van der Waals surface area contributed by atoms with Crippen LogP contribution in [0.25, 0.3) is 0 Å². The Morgan fingerprint density at radius 1 is 1.14 bits per heavy atom. The Kier molecular flexibility index (Phi) is 4.92. The van der Waals surface area contributed by atoms with Crippen LogP contribution in [0.5, 0.6) is 11.5 Å². The van der Waals surface area contributed by atoms with Gasteiger partial charge in [-0.1, -0.05) is 0 Å². The molecule has 0 bridgehead atoms. The third kappa shape index (κ3) is 3.58. The van der Waals surface area contributed by atoms with Crippen molar-refractivity contribution in [3.05, 3.63) is 17.7 Å². The van der Waals surface area contributed by atoms with Crippen LogP contribution in [0, 0.1) is 6.92 Å². The van der Waals surface area contributed by atoms with Gasteiger partial charge in [0, 0.05) is 32.2 Å². The van der Waals surface area contributed by atoms with E-state index >= 15 is 0 Å². The number of piperazine rings is 1. The number of nitrogens with zero attached hydrogens (tertiary/aromatic N) is 1. The van der Waals surface area contributed by atoms with Gasteiger partial charge in [0.25, 0.3) is 0 Å². The van der Waals surface area contributed by atoms with Crippen LogP contribution in [0.15, 0.2) is 12.1 Å². The Labute approximate surface area is 125 Å². The summed E-state index contributed by atoms with van der Waals surface area (Å²) in [6.07, 6.45) is 0. The van der Waals surface area contributed by atoms with Crippen molar-refractivity contribution in [1.82, 2.24) is 9.62 Å². The highest BCUT2D eigenvalue weighted by atomic mass is 32.2. The predicted molar refractivity (Wildman–Crippen MR) is 81.3 cm³/mol. The maximum absolute atomic E-state index is 12.4. The average Bonchev–Trinajstić information content (AvgIpc) is 2.49. The number of hydrogen-bond acceptors (Lipinski definition) is 5. The zero-order valence-electron chi connectivity index (χ0n) is 12.5. The molecule has 0 aliphatic carbocycles. The van der Waals surface area contributed by atoms with E-state index in [9.17, 15) is 8.42 Å². The summed E-state index contributed by atoms with van der Waals surface area (Å²) >= 11 is 0. The molecule has 2 N–H and O–H groups in total. The number of aryl methyl sites for hydroxylation is 1. The van der Waals surface area contributed by atoms with E-state index in [0.717, 1.165) is 5.56 Å². The number of benzene rings is 1. The van der Waals surface area contributed by atoms with E-state index in [4.69, 9.17) is 9.47 Å². The largest absolute Gasteiger partial charge is 0.493 e. The number of nitrogens with one attached hydrogen (secondary N) is 2. The van der Waals surface area contributed by atoms with Crippen molar-refractivity contribution in [1.29, 1.82) is 0 Å². The zero-order chi connectivity index (χ0) is 15.5. The number of anilines is 1. The molecule has 0 amide bonds. The molecule has 7 nitrogen and oxygen atoms in total. The predicted octanol–water partition coefficient (Wildman–Crippen LogP) is 0.574. The highest BCUT2D eigenvalue weighted by Crippen LogP contribution is 2.33. The highest BCUT2D eigenvalue weighted by molar-refractivity contribution is 7.90. The fraction of sp³-hybridized carbons (Fsp3) is 0.538.